The molecule has 5 heteroatoms. The van der Waals surface area contributed by atoms with Gasteiger partial charge in [-0.2, -0.15) is 0 Å². The predicted molar refractivity (Wildman–Crippen MR) is 91.3 cm³/mol. The Kier molecular flexibility index (Phi) is 3.91. The van der Waals surface area contributed by atoms with Crippen LogP contribution in [0.1, 0.15) is 22.7 Å². The van der Waals surface area contributed by atoms with Crippen LogP contribution in [-0.2, 0) is 17.8 Å². The van der Waals surface area contributed by atoms with E-state index >= 15 is 0 Å². The number of rotatable bonds is 4. The Labute approximate surface area is 140 Å². The zero-order chi connectivity index (χ0) is 15.8. The molecule has 1 aromatic carbocycles. The van der Waals surface area contributed by atoms with Gasteiger partial charge in [0.2, 0.25) is 5.91 Å². The number of fused-ring (bicyclic) bond motifs is 2. The van der Waals surface area contributed by atoms with Crippen molar-refractivity contribution in [3.63, 3.8) is 0 Å². The van der Waals surface area contributed by atoms with Crippen LogP contribution < -0.4 is 0 Å². The summed E-state index contributed by atoms with van der Waals surface area (Å²) in [5, 5.41) is 3.04. The third-order valence-corrected chi connectivity index (χ3v) is 5.72. The fraction of sp³-hybridized carbons (Fsp3) is 0.444. The Balaban J connectivity index is 1.36. The summed E-state index contributed by atoms with van der Waals surface area (Å²) in [5.41, 5.74) is 2.28. The average Bonchev–Trinajstić information content (AvgIpc) is 3.24. The molecule has 2 aliphatic rings. The van der Waals surface area contributed by atoms with E-state index in [9.17, 15) is 4.79 Å². The summed E-state index contributed by atoms with van der Waals surface area (Å²) in [4.78, 5) is 21.6. The van der Waals surface area contributed by atoms with E-state index in [2.05, 4.69) is 45.1 Å². The Morgan fingerprint density at radius 2 is 2.09 bits per heavy atom. The van der Waals surface area contributed by atoms with Crippen molar-refractivity contribution in [1.29, 1.82) is 0 Å². The second-order valence-corrected chi connectivity index (χ2v) is 7.60. The molecule has 2 aliphatic heterocycles. The molecule has 2 atom stereocenters. The molecule has 0 spiro atoms. The summed E-state index contributed by atoms with van der Waals surface area (Å²) in [5.74, 6) is 0.238. The molecule has 1 aromatic heterocycles. The minimum Gasteiger partial charge on any atom is -0.336 e. The lowest BCUT2D eigenvalue weighted by atomic mass is 10.2. The smallest absolute Gasteiger partial charge is 0.228 e. The van der Waals surface area contributed by atoms with Crippen LogP contribution in [0.5, 0.6) is 0 Å². The monoisotopic (exact) mass is 327 g/mol. The van der Waals surface area contributed by atoms with Gasteiger partial charge < -0.3 is 4.90 Å². The van der Waals surface area contributed by atoms with Crippen LogP contribution in [0.4, 0.5) is 0 Å². The molecule has 0 aliphatic carbocycles. The summed E-state index contributed by atoms with van der Waals surface area (Å²) in [6.07, 6.45) is 1.57. The lowest BCUT2D eigenvalue weighted by Crippen LogP contribution is -2.48. The van der Waals surface area contributed by atoms with E-state index in [0.717, 1.165) is 36.8 Å². The number of likely N-dealkylation sites (tertiary alicyclic amines) is 2. The first kappa shape index (κ1) is 14.8. The van der Waals surface area contributed by atoms with Crippen molar-refractivity contribution in [2.24, 2.45) is 0 Å². The van der Waals surface area contributed by atoms with Gasteiger partial charge in [0.15, 0.2) is 0 Å². The summed E-state index contributed by atoms with van der Waals surface area (Å²) in [6.45, 7) is 4.86. The van der Waals surface area contributed by atoms with Crippen molar-refractivity contribution in [2.75, 3.05) is 13.1 Å². The number of thiazole rings is 1. The molecule has 1 amide bonds. The summed E-state index contributed by atoms with van der Waals surface area (Å²) >= 11 is 1.62. The largest absolute Gasteiger partial charge is 0.336 e. The number of carbonyl (C=O) groups excluding carboxylic acids is 1. The molecule has 0 radical (unpaired) electrons. The molecule has 2 saturated heterocycles. The van der Waals surface area contributed by atoms with Crippen LogP contribution in [0.25, 0.3) is 0 Å². The first-order chi connectivity index (χ1) is 11.2. The second kappa shape index (κ2) is 6.06. The van der Waals surface area contributed by atoms with Gasteiger partial charge in [-0.3, -0.25) is 9.69 Å². The van der Waals surface area contributed by atoms with Gasteiger partial charge in [-0.15, -0.1) is 11.3 Å². The number of amides is 1. The van der Waals surface area contributed by atoms with E-state index in [4.69, 9.17) is 0 Å². The van der Waals surface area contributed by atoms with Crippen molar-refractivity contribution in [3.05, 3.63) is 52.0 Å². The van der Waals surface area contributed by atoms with Gasteiger partial charge >= 0.3 is 0 Å². The zero-order valence-corrected chi connectivity index (χ0v) is 14.1. The maximum atomic E-state index is 12.6. The standard InChI is InChI=1S/C18H21N3OS/c1-13-19-15(12-23-13)7-18(22)21-11-16-8-17(21)10-20(16)9-14-5-3-2-4-6-14/h2-6,12,16-17H,7-11H2,1H3/t16-,17-/m0/s1. The number of piperazine rings is 1. The normalized spacial score (nSPS) is 23.6. The van der Waals surface area contributed by atoms with Gasteiger partial charge in [0.25, 0.3) is 0 Å². The molecule has 0 N–H and O–H groups in total. The summed E-state index contributed by atoms with van der Waals surface area (Å²) in [7, 11) is 0. The number of hydrogen-bond acceptors (Lipinski definition) is 4. The number of aryl methyl sites for hydroxylation is 1. The van der Waals surface area contributed by atoms with E-state index in [0.29, 0.717) is 18.5 Å². The molecule has 2 fully saturated rings. The molecule has 0 saturated carbocycles. The van der Waals surface area contributed by atoms with Crippen molar-refractivity contribution in [1.82, 2.24) is 14.8 Å². The van der Waals surface area contributed by atoms with Crippen LogP contribution in [0.2, 0.25) is 0 Å². The zero-order valence-electron chi connectivity index (χ0n) is 13.3. The maximum absolute atomic E-state index is 12.6. The van der Waals surface area contributed by atoms with Crippen LogP contribution in [-0.4, -0.2) is 45.9 Å². The molecule has 2 bridgehead atoms. The van der Waals surface area contributed by atoms with Gasteiger partial charge in [-0.05, 0) is 18.9 Å². The van der Waals surface area contributed by atoms with Gasteiger partial charge in [0, 0.05) is 37.1 Å². The molecule has 23 heavy (non-hydrogen) atoms. The highest BCUT2D eigenvalue weighted by Crippen LogP contribution is 2.32. The quantitative estimate of drug-likeness (QED) is 0.866. The van der Waals surface area contributed by atoms with Crippen molar-refractivity contribution in [2.45, 2.75) is 38.4 Å². The maximum Gasteiger partial charge on any atom is 0.228 e. The Morgan fingerprint density at radius 3 is 2.74 bits per heavy atom. The Morgan fingerprint density at radius 1 is 1.26 bits per heavy atom. The number of benzene rings is 1. The van der Waals surface area contributed by atoms with E-state index < -0.39 is 0 Å². The summed E-state index contributed by atoms with van der Waals surface area (Å²) in [6, 6.07) is 11.5. The highest BCUT2D eigenvalue weighted by atomic mass is 32.1. The van der Waals surface area contributed by atoms with Gasteiger partial charge in [-0.25, -0.2) is 4.98 Å². The first-order valence-electron chi connectivity index (χ1n) is 8.17. The highest BCUT2D eigenvalue weighted by Gasteiger charge is 2.44. The van der Waals surface area contributed by atoms with Crippen LogP contribution in [0.15, 0.2) is 35.7 Å². The van der Waals surface area contributed by atoms with Crippen LogP contribution in [0.3, 0.4) is 0 Å². The van der Waals surface area contributed by atoms with Crippen molar-refractivity contribution in [3.8, 4) is 0 Å². The minimum absolute atomic E-state index is 0.238. The topological polar surface area (TPSA) is 36.4 Å². The van der Waals surface area contributed by atoms with Crippen molar-refractivity contribution < 1.29 is 4.79 Å². The SMILES string of the molecule is Cc1nc(CC(=O)N2C[C@@H]3C[C@H]2CN3Cc2ccccc2)cs1. The molecular formula is C18H21N3OS. The van der Waals surface area contributed by atoms with Gasteiger partial charge in [0.05, 0.1) is 17.1 Å². The molecule has 3 heterocycles. The van der Waals surface area contributed by atoms with Gasteiger partial charge in [0.1, 0.15) is 0 Å². The Hall–Kier alpha value is -1.72. The van der Waals surface area contributed by atoms with Gasteiger partial charge in [-0.1, -0.05) is 30.3 Å². The number of carbonyl (C=O) groups is 1. The second-order valence-electron chi connectivity index (χ2n) is 6.54. The number of hydrogen-bond donors (Lipinski definition) is 0. The summed E-state index contributed by atoms with van der Waals surface area (Å²) < 4.78 is 0. The van der Waals surface area contributed by atoms with Crippen LogP contribution >= 0.6 is 11.3 Å². The number of aromatic nitrogens is 1. The third-order valence-electron chi connectivity index (χ3n) is 4.90. The van der Waals surface area contributed by atoms with E-state index in [1.54, 1.807) is 11.3 Å². The van der Waals surface area contributed by atoms with E-state index in [1.807, 2.05) is 12.3 Å². The molecule has 2 aromatic rings. The third kappa shape index (κ3) is 3.03. The highest BCUT2D eigenvalue weighted by molar-refractivity contribution is 7.09. The molecule has 0 unspecified atom stereocenters. The fourth-order valence-electron chi connectivity index (χ4n) is 3.81. The average molecular weight is 327 g/mol. The van der Waals surface area contributed by atoms with Crippen LogP contribution in [0, 0.1) is 6.92 Å². The number of nitrogens with zero attached hydrogens (tertiary/aromatic N) is 3. The lowest BCUT2D eigenvalue weighted by molar-refractivity contribution is -0.132. The minimum atomic E-state index is 0.238. The fourth-order valence-corrected chi connectivity index (χ4v) is 4.42. The predicted octanol–water partition coefficient (Wildman–Crippen LogP) is 2.48. The molecule has 4 nitrogen and oxygen atoms in total. The first-order valence-corrected chi connectivity index (χ1v) is 9.05. The van der Waals surface area contributed by atoms with E-state index in [-0.39, 0.29) is 5.91 Å². The molecule has 4 rings (SSSR count). The molecule has 120 valence electrons. The van der Waals surface area contributed by atoms with E-state index in [1.165, 1.54) is 5.56 Å². The van der Waals surface area contributed by atoms with Crippen molar-refractivity contribution >= 4 is 17.2 Å². The Bertz CT molecular complexity index is 699. The molecular weight excluding hydrogens is 306 g/mol. The lowest BCUT2D eigenvalue weighted by Gasteiger charge is -2.34.